The molecule has 3 atom stereocenters. The zero-order chi connectivity index (χ0) is 22.2. The Bertz CT molecular complexity index is 885. The maximum absolute atomic E-state index is 13.1. The van der Waals surface area contributed by atoms with Crippen molar-refractivity contribution in [2.45, 2.75) is 38.5 Å². The molecule has 0 bridgehead atoms. The van der Waals surface area contributed by atoms with Crippen molar-refractivity contribution in [2.24, 2.45) is 5.92 Å². The number of allylic oxidation sites excluding steroid dienone is 1. The molecular weight excluding hydrogens is 465 g/mol. The molecule has 0 radical (unpaired) electrons. The van der Waals surface area contributed by atoms with E-state index in [1.807, 2.05) is 37.3 Å². The van der Waals surface area contributed by atoms with Gasteiger partial charge in [0.15, 0.2) is 5.76 Å². The number of benzene rings is 2. The Morgan fingerprint density at radius 3 is 2.55 bits per heavy atom. The first-order valence-electron chi connectivity index (χ1n) is 10.4. The number of hydrogen-bond donors (Lipinski definition) is 2. The maximum Gasteiger partial charge on any atom is 0.286 e. The van der Waals surface area contributed by atoms with E-state index in [0.29, 0.717) is 19.4 Å². The van der Waals surface area contributed by atoms with Gasteiger partial charge in [-0.1, -0.05) is 40.2 Å². The summed E-state index contributed by atoms with van der Waals surface area (Å²) in [4.78, 5) is 12.9. The van der Waals surface area contributed by atoms with Gasteiger partial charge in [0.2, 0.25) is 6.29 Å². The molecule has 1 heterocycles. The molecule has 0 fully saturated rings. The highest BCUT2D eigenvalue weighted by Crippen LogP contribution is 2.39. The first-order valence-corrected chi connectivity index (χ1v) is 11.2. The smallest absolute Gasteiger partial charge is 0.286 e. The van der Waals surface area contributed by atoms with Crippen LogP contribution >= 0.6 is 15.9 Å². The van der Waals surface area contributed by atoms with Gasteiger partial charge in [-0.2, -0.15) is 0 Å². The van der Waals surface area contributed by atoms with Gasteiger partial charge in [-0.15, -0.1) is 0 Å². The monoisotopic (exact) mass is 491 g/mol. The molecule has 0 saturated heterocycles. The summed E-state index contributed by atoms with van der Waals surface area (Å²) in [6.07, 6.45) is 2.55. The first-order chi connectivity index (χ1) is 15.0. The molecule has 0 aliphatic carbocycles. The Labute approximate surface area is 190 Å². The molecule has 3 rings (SSSR count). The second-order valence-electron chi connectivity index (χ2n) is 7.39. The molecule has 0 saturated carbocycles. The van der Waals surface area contributed by atoms with E-state index in [4.69, 9.17) is 9.47 Å². The van der Waals surface area contributed by atoms with Crippen LogP contribution in [0, 0.1) is 11.7 Å². The van der Waals surface area contributed by atoms with Crippen LogP contribution in [0.2, 0.25) is 0 Å². The van der Waals surface area contributed by atoms with E-state index in [1.165, 1.54) is 12.1 Å². The molecule has 0 spiro atoms. The van der Waals surface area contributed by atoms with E-state index >= 15 is 0 Å². The number of carbonyl (C=O) groups is 1. The van der Waals surface area contributed by atoms with Gasteiger partial charge in [-0.05, 0) is 61.2 Å². The maximum atomic E-state index is 13.1. The largest absolute Gasteiger partial charge is 0.459 e. The molecule has 2 aromatic rings. The molecule has 166 valence electrons. The van der Waals surface area contributed by atoms with Crippen molar-refractivity contribution in [3.05, 3.63) is 81.8 Å². The Morgan fingerprint density at radius 2 is 1.90 bits per heavy atom. The number of aliphatic hydroxyl groups is 1. The highest BCUT2D eigenvalue weighted by molar-refractivity contribution is 9.10. The minimum absolute atomic E-state index is 0.0399. The van der Waals surface area contributed by atoms with Crippen LogP contribution in [-0.4, -0.2) is 30.5 Å². The van der Waals surface area contributed by atoms with Crippen LogP contribution in [0.1, 0.15) is 36.8 Å². The average molecular weight is 492 g/mol. The third-order valence-electron chi connectivity index (χ3n) is 5.26. The molecule has 2 N–H and O–H groups in total. The second kappa shape index (κ2) is 11.4. The number of rotatable bonds is 9. The molecule has 2 aromatic carbocycles. The zero-order valence-electron chi connectivity index (χ0n) is 17.4. The minimum Gasteiger partial charge on any atom is -0.459 e. The number of aliphatic hydroxyl groups excluding tert-OH is 1. The van der Waals surface area contributed by atoms with Gasteiger partial charge in [-0.25, -0.2) is 4.39 Å². The van der Waals surface area contributed by atoms with Gasteiger partial charge in [0.1, 0.15) is 5.82 Å². The summed E-state index contributed by atoms with van der Waals surface area (Å²) in [6.45, 7) is 2.67. The molecule has 1 aliphatic rings. The number of carbonyl (C=O) groups excluding carboxylic acids is 1. The van der Waals surface area contributed by atoms with Gasteiger partial charge < -0.3 is 19.9 Å². The second-order valence-corrected chi connectivity index (χ2v) is 8.30. The summed E-state index contributed by atoms with van der Waals surface area (Å²) >= 11 is 3.46. The molecule has 7 heteroatoms. The fraction of sp³-hybridized carbons (Fsp3) is 0.375. The fourth-order valence-electron chi connectivity index (χ4n) is 3.70. The van der Waals surface area contributed by atoms with Gasteiger partial charge in [0, 0.05) is 36.1 Å². The van der Waals surface area contributed by atoms with Crippen LogP contribution in [0.4, 0.5) is 4.39 Å². The average Bonchev–Trinajstić information content (AvgIpc) is 2.78. The van der Waals surface area contributed by atoms with Crippen molar-refractivity contribution in [1.29, 1.82) is 0 Å². The van der Waals surface area contributed by atoms with Crippen molar-refractivity contribution in [1.82, 2.24) is 5.32 Å². The number of amides is 1. The number of halogens is 2. The van der Waals surface area contributed by atoms with Crippen molar-refractivity contribution in [3.8, 4) is 0 Å². The van der Waals surface area contributed by atoms with Crippen LogP contribution in [0.25, 0.3) is 0 Å². The lowest BCUT2D eigenvalue weighted by Gasteiger charge is -2.37. The highest BCUT2D eigenvalue weighted by atomic mass is 79.9. The number of nitrogens with one attached hydrogen (secondary N) is 1. The standard InChI is InChI=1S/C24H27BrFNO4/c1-2-30-24-20(4-3-13-28)21(17-7-9-18(25)10-8-17)14-22(31-24)23(29)27-15-16-5-11-19(26)12-6-16/h5-12,14,20-21,24,28H,2-4,13,15H2,1H3,(H,27,29)/t20-,21-,24-/m0/s1. The molecule has 0 aromatic heterocycles. The van der Waals surface area contributed by atoms with Crippen LogP contribution in [-0.2, 0) is 20.8 Å². The van der Waals surface area contributed by atoms with E-state index < -0.39 is 6.29 Å². The van der Waals surface area contributed by atoms with Crippen LogP contribution < -0.4 is 5.32 Å². The molecule has 1 aliphatic heterocycles. The lowest BCUT2D eigenvalue weighted by Crippen LogP contribution is -2.39. The SMILES string of the molecule is CCO[C@H]1OC(C(=O)NCc2ccc(F)cc2)=C[C@@H](c2ccc(Br)cc2)[C@@H]1CCCO. The van der Waals surface area contributed by atoms with Crippen LogP contribution in [0.3, 0.4) is 0 Å². The molecular formula is C24H27BrFNO4. The van der Waals surface area contributed by atoms with Gasteiger partial charge >= 0.3 is 0 Å². The number of hydrogen-bond acceptors (Lipinski definition) is 4. The predicted molar refractivity (Wildman–Crippen MR) is 120 cm³/mol. The molecule has 31 heavy (non-hydrogen) atoms. The van der Waals surface area contributed by atoms with E-state index in [1.54, 1.807) is 12.1 Å². The van der Waals surface area contributed by atoms with Gasteiger partial charge in [0.25, 0.3) is 5.91 Å². The zero-order valence-corrected chi connectivity index (χ0v) is 19.0. The van der Waals surface area contributed by atoms with Crippen molar-refractivity contribution in [2.75, 3.05) is 13.2 Å². The summed E-state index contributed by atoms with van der Waals surface area (Å²) in [5.74, 6) is -0.608. The summed E-state index contributed by atoms with van der Waals surface area (Å²) in [7, 11) is 0. The lowest BCUT2D eigenvalue weighted by molar-refractivity contribution is -0.166. The third-order valence-corrected chi connectivity index (χ3v) is 5.79. The summed E-state index contributed by atoms with van der Waals surface area (Å²) in [5.41, 5.74) is 1.83. The van der Waals surface area contributed by atoms with Crippen molar-refractivity contribution < 1.29 is 23.8 Å². The van der Waals surface area contributed by atoms with Crippen molar-refractivity contribution >= 4 is 21.8 Å². The van der Waals surface area contributed by atoms with E-state index in [-0.39, 0.29) is 42.5 Å². The summed E-state index contributed by atoms with van der Waals surface area (Å²) in [5, 5.41) is 12.2. The minimum atomic E-state index is -0.596. The number of ether oxygens (including phenoxy) is 2. The Hall–Kier alpha value is -2.22. The van der Waals surface area contributed by atoms with Gasteiger partial charge in [-0.3, -0.25) is 4.79 Å². The predicted octanol–water partition coefficient (Wildman–Crippen LogP) is 4.65. The quantitative estimate of drug-likeness (QED) is 0.535. The Morgan fingerprint density at radius 1 is 1.19 bits per heavy atom. The van der Waals surface area contributed by atoms with E-state index in [2.05, 4.69) is 21.2 Å². The van der Waals surface area contributed by atoms with Crippen LogP contribution in [0.5, 0.6) is 0 Å². The molecule has 1 amide bonds. The summed E-state index contributed by atoms with van der Waals surface area (Å²) < 4.78 is 25.9. The third kappa shape index (κ3) is 6.38. The molecule has 0 unspecified atom stereocenters. The first kappa shape index (κ1) is 23.4. The highest BCUT2D eigenvalue weighted by Gasteiger charge is 2.37. The van der Waals surface area contributed by atoms with Crippen molar-refractivity contribution in [3.63, 3.8) is 0 Å². The summed E-state index contributed by atoms with van der Waals surface area (Å²) in [6, 6.07) is 13.9. The lowest BCUT2D eigenvalue weighted by atomic mass is 9.80. The van der Waals surface area contributed by atoms with Gasteiger partial charge in [0.05, 0.1) is 0 Å². The Balaban J connectivity index is 1.83. The Kier molecular flexibility index (Phi) is 8.63. The van der Waals surface area contributed by atoms with E-state index in [0.717, 1.165) is 15.6 Å². The van der Waals surface area contributed by atoms with E-state index in [9.17, 15) is 14.3 Å². The molecule has 5 nitrogen and oxygen atoms in total. The normalized spacial score (nSPS) is 20.6. The van der Waals surface area contributed by atoms with Crippen LogP contribution in [0.15, 0.2) is 64.8 Å². The fourth-order valence-corrected chi connectivity index (χ4v) is 3.97. The topological polar surface area (TPSA) is 67.8 Å².